The van der Waals surface area contributed by atoms with Gasteiger partial charge in [0.2, 0.25) is 0 Å². The SMILES string of the molecule is Cc1cc(N)cnc1NCc1ccsc1. The van der Waals surface area contributed by atoms with E-state index < -0.39 is 0 Å². The first-order valence-corrected chi connectivity index (χ1v) is 5.67. The first-order chi connectivity index (χ1) is 7.25. The van der Waals surface area contributed by atoms with Crippen LogP contribution in [0.3, 0.4) is 0 Å². The topological polar surface area (TPSA) is 50.9 Å². The molecule has 2 rings (SSSR count). The largest absolute Gasteiger partial charge is 0.397 e. The third-order valence-electron chi connectivity index (χ3n) is 2.14. The van der Waals surface area contributed by atoms with Crippen molar-refractivity contribution < 1.29 is 0 Å². The highest BCUT2D eigenvalue weighted by Gasteiger charge is 2.00. The van der Waals surface area contributed by atoms with Gasteiger partial charge in [-0.15, -0.1) is 0 Å². The third-order valence-corrected chi connectivity index (χ3v) is 2.87. The number of anilines is 2. The number of hydrogen-bond donors (Lipinski definition) is 2. The van der Waals surface area contributed by atoms with Crippen molar-refractivity contribution in [1.29, 1.82) is 0 Å². The highest BCUT2D eigenvalue weighted by atomic mass is 32.1. The fourth-order valence-electron chi connectivity index (χ4n) is 1.36. The van der Waals surface area contributed by atoms with E-state index >= 15 is 0 Å². The lowest BCUT2D eigenvalue weighted by Crippen LogP contribution is -2.02. The molecule has 3 N–H and O–H groups in total. The number of nitrogens with two attached hydrogens (primary N) is 1. The lowest BCUT2D eigenvalue weighted by molar-refractivity contribution is 1.11. The lowest BCUT2D eigenvalue weighted by Gasteiger charge is -2.07. The van der Waals surface area contributed by atoms with Crippen LogP contribution >= 0.6 is 11.3 Å². The van der Waals surface area contributed by atoms with E-state index in [2.05, 4.69) is 27.1 Å². The van der Waals surface area contributed by atoms with Gasteiger partial charge in [0, 0.05) is 6.54 Å². The Morgan fingerprint density at radius 3 is 3.07 bits per heavy atom. The summed E-state index contributed by atoms with van der Waals surface area (Å²) in [6, 6.07) is 4.02. The van der Waals surface area contributed by atoms with E-state index in [0.717, 1.165) is 17.9 Å². The van der Waals surface area contributed by atoms with Crippen molar-refractivity contribution in [3.05, 3.63) is 40.2 Å². The minimum absolute atomic E-state index is 0.702. The molecule has 0 atom stereocenters. The molecule has 0 saturated heterocycles. The molecule has 15 heavy (non-hydrogen) atoms. The third kappa shape index (κ3) is 2.47. The highest BCUT2D eigenvalue weighted by Crippen LogP contribution is 2.15. The van der Waals surface area contributed by atoms with Crippen LogP contribution in [-0.4, -0.2) is 4.98 Å². The van der Waals surface area contributed by atoms with E-state index in [4.69, 9.17) is 5.73 Å². The van der Waals surface area contributed by atoms with Gasteiger partial charge in [-0.1, -0.05) is 0 Å². The highest BCUT2D eigenvalue weighted by molar-refractivity contribution is 7.07. The molecule has 0 fully saturated rings. The summed E-state index contributed by atoms with van der Waals surface area (Å²) in [5.41, 5.74) is 8.68. The van der Waals surface area contributed by atoms with Crippen LogP contribution in [0.5, 0.6) is 0 Å². The maximum absolute atomic E-state index is 5.63. The van der Waals surface area contributed by atoms with Gasteiger partial charge >= 0.3 is 0 Å². The standard InChI is InChI=1S/C11H13N3S/c1-8-4-10(12)6-14-11(8)13-5-9-2-3-15-7-9/h2-4,6-7H,5,12H2,1H3,(H,13,14). The zero-order chi connectivity index (χ0) is 10.7. The van der Waals surface area contributed by atoms with Crippen molar-refractivity contribution in [3.63, 3.8) is 0 Å². The fraction of sp³-hybridized carbons (Fsp3) is 0.182. The van der Waals surface area contributed by atoms with Crippen molar-refractivity contribution >= 4 is 22.8 Å². The molecule has 0 bridgehead atoms. The Morgan fingerprint density at radius 1 is 1.53 bits per heavy atom. The summed E-state index contributed by atoms with van der Waals surface area (Å²) in [5.74, 6) is 0.899. The van der Waals surface area contributed by atoms with Gasteiger partial charge in [-0.2, -0.15) is 11.3 Å². The van der Waals surface area contributed by atoms with Gasteiger partial charge in [-0.05, 0) is 40.9 Å². The molecule has 0 unspecified atom stereocenters. The Bertz CT molecular complexity index is 437. The molecule has 0 radical (unpaired) electrons. The number of aromatic nitrogens is 1. The molecule has 4 heteroatoms. The molecule has 2 heterocycles. The van der Waals surface area contributed by atoms with Crippen molar-refractivity contribution in [1.82, 2.24) is 4.98 Å². The molecule has 78 valence electrons. The molecule has 2 aromatic heterocycles. The van der Waals surface area contributed by atoms with Crippen LogP contribution in [0, 0.1) is 6.92 Å². The number of thiophene rings is 1. The second-order valence-corrected chi connectivity index (χ2v) is 4.20. The Balaban J connectivity index is 2.05. The number of nitrogen functional groups attached to an aromatic ring is 1. The average Bonchev–Trinajstić information content (AvgIpc) is 2.69. The number of nitrogens with zero attached hydrogens (tertiary/aromatic N) is 1. The molecule has 0 spiro atoms. The second-order valence-electron chi connectivity index (χ2n) is 3.42. The Hall–Kier alpha value is -1.55. The number of rotatable bonds is 3. The van der Waals surface area contributed by atoms with Gasteiger partial charge in [0.15, 0.2) is 0 Å². The van der Waals surface area contributed by atoms with Gasteiger partial charge in [-0.3, -0.25) is 0 Å². The van der Waals surface area contributed by atoms with Gasteiger partial charge in [0.05, 0.1) is 11.9 Å². The van der Waals surface area contributed by atoms with Gasteiger partial charge in [0.1, 0.15) is 5.82 Å². The molecule has 0 aliphatic rings. The second kappa shape index (κ2) is 4.31. The summed E-state index contributed by atoms with van der Waals surface area (Å²) < 4.78 is 0. The molecular weight excluding hydrogens is 206 g/mol. The molecule has 3 nitrogen and oxygen atoms in total. The number of nitrogens with one attached hydrogen (secondary N) is 1. The molecule has 0 aliphatic heterocycles. The molecule has 0 aromatic carbocycles. The molecule has 2 aromatic rings. The Kier molecular flexibility index (Phi) is 2.87. The van der Waals surface area contributed by atoms with E-state index in [1.165, 1.54) is 5.56 Å². The van der Waals surface area contributed by atoms with E-state index in [-0.39, 0.29) is 0 Å². The minimum atomic E-state index is 0.702. The van der Waals surface area contributed by atoms with Crippen LogP contribution in [-0.2, 0) is 6.54 Å². The van der Waals surface area contributed by atoms with Crippen LogP contribution < -0.4 is 11.1 Å². The molecular formula is C11H13N3S. The van der Waals surface area contributed by atoms with Crippen molar-refractivity contribution in [2.75, 3.05) is 11.1 Å². The number of hydrogen-bond acceptors (Lipinski definition) is 4. The van der Waals surface area contributed by atoms with E-state index in [9.17, 15) is 0 Å². The summed E-state index contributed by atoms with van der Waals surface area (Å²) in [6.45, 7) is 2.81. The molecule has 0 aliphatic carbocycles. The quantitative estimate of drug-likeness (QED) is 0.834. The Labute approximate surface area is 93.0 Å². The van der Waals surface area contributed by atoms with E-state index in [0.29, 0.717) is 5.69 Å². The summed E-state index contributed by atoms with van der Waals surface area (Å²) in [5, 5.41) is 7.48. The number of pyridine rings is 1. The first-order valence-electron chi connectivity index (χ1n) is 4.73. The zero-order valence-corrected chi connectivity index (χ0v) is 9.34. The summed E-state index contributed by atoms with van der Waals surface area (Å²) in [4.78, 5) is 4.24. The van der Waals surface area contributed by atoms with Crippen molar-refractivity contribution in [2.45, 2.75) is 13.5 Å². The summed E-state index contributed by atoms with van der Waals surface area (Å²) in [6.07, 6.45) is 1.67. The zero-order valence-electron chi connectivity index (χ0n) is 8.53. The van der Waals surface area contributed by atoms with Crippen molar-refractivity contribution in [3.8, 4) is 0 Å². The summed E-state index contributed by atoms with van der Waals surface area (Å²) in [7, 11) is 0. The Morgan fingerprint density at radius 2 is 2.40 bits per heavy atom. The maximum atomic E-state index is 5.63. The van der Waals surface area contributed by atoms with Gasteiger partial charge in [-0.25, -0.2) is 4.98 Å². The maximum Gasteiger partial charge on any atom is 0.129 e. The smallest absolute Gasteiger partial charge is 0.129 e. The summed E-state index contributed by atoms with van der Waals surface area (Å²) >= 11 is 1.70. The predicted molar refractivity (Wildman–Crippen MR) is 65.0 cm³/mol. The lowest BCUT2D eigenvalue weighted by atomic mass is 10.2. The van der Waals surface area contributed by atoms with Gasteiger partial charge in [0.25, 0.3) is 0 Å². The van der Waals surface area contributed by atoms with E-state index in [1.807, 2.05) is 13.0 Å². The first kappa shape index (κ1) is 9.98. The van der Waals surface area contributed by atoms with Crippen molar-refractivity contribution in [2.24, 2.45) is 0 Å². The minimum Gasteiger partial charge on any atom is -0.397 e. The van der Waals surface area contributed by atoms with Gasteiger partial charge < -0.3 is 11.1 Å². The molecule has 0 amide bonds. The monoisotopic (exact) mass is 219 g/mol. The van der Waals surface area contributed by atoms with Crippen LogP contribution in [0.15, 0.2) is 29.1 Å². The van der Waals surface area contributed by atoms with Crippen LogP contribution in [0.2, 0.25) is 0 Å². The predicted octanol–water partition coefficient (Wildman–Crippen LogP) is 2.65. The van der Waals surface area contributed by atoms with E-state index in [1.54, 1.807) is 17.5 Å². The van der Waals surface area contributed by atoms with Crippen LogP contribution in [0.25, 0.3) is 0 Å². The number of aryl methyl sites for hydroxylation is 1. The van der Waals surface area contributed by atoms with Crippen LogP contribution in [0.4, 0.5) is 11.5 Å². The fourth-order valence-corrected chi connectivity index (χ4v) is 2.03. The molecule has 0 saturated carbocycles. The van der Waals surface area contributed by atoms with Crippen LogP contribution in [0.1, 0.15) is 11.1 Å². The average molecular weight is 219 g/mol. The normalized spacial score (nSPS) is 10.2.